The van der Waals surface area contributed by atoms with Crippen LogP contribution in [0.3, 0.4) is 0 Å². The lowest BCUT2D eigenvalue weighted by Gasteiger charge is -2.14. The standard InChI is InChI=1S/C20H20N2/c1-22-16-10-4-9-15-21-19(17-11-5-2-6-12-17)20(22)18-13-7-3-8-14-18/h2,4-7,9-16H,3,8H2,1H3. The summed E-state index contributed by atoms with van der Waals surface area (Å²) in [5.41, 5.74) is 4.50. The SMILES string of the molecule is Cn1cccccnc(-c2ccccc2)c1C1=CCCC=C1. The van der Waals surface area contributed by atoms with Gasteiger partial charge in [-0.05, 0) is 30.5 Å². The maximum atomic E-state index is 4.73. The van der Waals surface area contributed by atoms with Crippen molar-refractivity contribution in [2.24, 2.45) is 7.05 Å². The molecule has 22 heavy (non-hydrogen) atoms. The lowest BCUT2D eigenvalue weighted by atomic mass is 9.99. The number of benzene rings is 1. The highest BCUT2D eigenvalue weighted by Crippen LogP contribution is 2.28. The van der Waals surface area contributed by atoms with Gasteiger partial charge in [0.2, 0.25) is 0 Å². The van der Waals surface area contributed by atoms with Gasteiger partial charge in [0.05, 0.1) is 11.4 Å². The molecule has 0 atom stereocenters. The van der Waals surface area contributed by atoms with Crippen molar-refractivity contribution < 1.29 is 0 Å². The van der Waals surface area contributed by atoms with Crippen molar-refractivity contribution in [3.8, 4) is 11.3 Å². The first-order chi connectivity index (χ1) is 10.9. The van der Waals surface area contributed by atoms with Gasteiger partial charge in [-0.15, -0.1) is 0 Å². The second-order valence-corrected chi connectivity index (χ2v) is 5.32. The maximum absolute atomic E-state index is 4.73. The van der Waals surface area contributed by atoms with Crippen molar-refractivity contribution in [2.75, 3.05) is 0 Å². The summed E-state index contributed by atoms with van der Waals surface area (Å²) in [5.74, 6) is 0. The number of hydrogen-bond donors (Lipinski definition) is 0. The van der Waals surface area contributed by atoms with Gasteiger partial charge < -0.3 is 4.57 Å². The van der Waals surface area contributed by atoms with Crippen molar-refractivity contribution >= 4 is 5.57 Å². The molecule has 1 aromatic heterocycles. The summed E-state index contributed by atoms with van der Waals surface area (Å²) in [4.78, 5) is 4.73. The summed E-state index contributed by atoms with van der Waals surface area (Å²) in [6.07, 6.45) is 12.9. The van der Waals surface area contributed by atoms with Crippen LogP contribution in [0.5, 0.6) is 0 Å². The van der Waals surface area contributed by atoms with Crippen molar-refractivity contribution in [3.05, 3.63) is 84.8 Å². The van der Waals surface area contributed by atoms with E-state index in [2.05, 4.69) is 60.3 Å². The van der Waals surface area contributed by atoms with Crippen molar-refractivity contribution in [1.82, 2.24) is 9.55 Å². The maximum Gasteiger partial charge on any atom is 0.0944 e. The lowest BCUT2D eigenvalue weighted by Crippen LogP contribution is -2.02. The molecule has 0 saturated heterocycles. The number of aryl methyl sites for hydroxylation is 1. The molecule has 0 saturated carbocycles. The first-order valence-corrected chi connectivity index (χ1v) is 7.63. The Morgan fingerprint density at radius 2 is 1.77 bits per heavy atom. The molecule has 1 aromatic carbocycles. The van der Waals surface area contributed by atoms with Gasteiger partial charge in [0.25, 0.3) is 0 Å². The van der Waals surface area contributed by atoms with Crippen molar-refractivity contribution in [3.63, 3.8) is 0 Å². The zero-order valence-corrected chi connectivity index (χ0v) is 12.8. The molecule has 0 unspecified atom stereocenters. The van der Waals surface area contributed by atoms with Crippen LogP contribution in [0.2, 0.25) is 0 Å². The molecule has 1 aliphatic carbocycles. The van der Waals surface area contributed by atoms with E-state index in [0.717, 1.165) is 29.8 Å². The highest BCUT2D eigenvalue weighted by atomic mass is 14.9. The third-order valence-corrected chi connectivity index (χ3v) is 3.71. The van der Waals surface area contributed by atoms with Crippen LogP contribution in [-0.2, 0) is 7.05 Å². The topological polar surface area (TPSA) is 17.8 Å². The van der Waals surface area contributed by atoms with E-state index >= 15 is 0 Å². The quantitative estimate of drug-likeness (QED) is 0.765. The number of rotatable bonds is 2. The van der Waals surface area contributed by atoms with Crippen molar-refractivity contribution in [2.45, 2.75) is 12.8 Å². The first kappa shape index (κ1) is 14.3. The number of aromatic nitrogens is 2. The molecule has 1 aliphatic rings. The van der Waals surface area contributed by atoms with E-state index in [-0.39, 0.29) is 0 Å². The van der Waals surface area contributed by atoms with Crippen LogP contribution in [0, 0.1) is 0 Å². The minimum Gasteiger partial charge on any atom is -0.349 e. The Balaban J connectivity index is 2.32. The molecule has 2 aromatic rings. The van der Waals surface area contributed by atoms with Gasteiger partial charge in [0, 0.05) is 25.0 Å². The number of hydrogen-bond acceptors (Lipinski definition) is 1. The highest BCUT2D eigenvalue weighted by Gasteiger charge is 2.11. The molecule has 110 valence electrons. The Bertz CT molecular complexity index is 750. The fourth-order valence-corrected chi connectivity index (χ4v) is 2.65. The van der Waals surface area contributed by atoms with Crippen LogP contribution >= 0.6 is 0 Å². The van der Waals surface area contributed by atoms with Gasteiger partial charge in [0.1, 0.15) is 0 Å². The molecule has 0 radical (unpaired) electrons. The van der Waals surface area contributed by atoms with E-state index in [1.807, 2.05) is 30.5 Å². The second kappa shape index (κ2) is 6.90. The first-order valence-electron chi connectivity index (χ1n) is 7.63. The molecule has 0 spiro atoms. The molecular formula is C20H20N2. The molecule has 0 amide bonds. The fraction of sp³-hybridized carbons (Fsp3) is 0.150. The fourth-order valence-electron chi connectivity index (χ4n) is 2.65. The van der Waals surface area contributed by atoms with E-state index in [4.69, 9.17) is 4.98 Å². The monoisotopic (exact) mass is 288 g/mol. The van der Waals surface area contributed by atoms with Crippen LogP contribution in [0.15, 0.2) is 79.2 Å². The second-order valence-electron chi connectivity index (χ2n) is 5.32. The minimum absolute atomic E-state index is 0.997. The van der Waals surface area contributed by atoms with E-state index < -0.39 is 0 Å². The zero-order valence-electron chi connectivity index (χ0n) is 12.8. The smallest absolute Gasteiger partial charge is 0.0944 e. The summed E-state index contributed by atoms with van der Waals surface area (Å²) < 4.78 is 2.15. The number of allylic oxidation sites excluding steroid dienone is 4. The van der Waals surface area contributed by atoms with Gasteiger partial charge in [0.15, 0.2) is 0 Å². The van der Waals surface area contributed by atoms with E-state index in [1.54, 1.807) is 0 Å². The van der Waals surface area contributed by atoms with Gasteiger partial charge in [-0.25, -0.2) is 0 Å². The van der Waals surface area contributed by atoms with E-state index in [0.29, 0.717) is 0 Å². The largest absolute Gasteiger partial charge is 0.349 e. The molecular weight excluding hydrogens is 268 g/mol. The van der Waals surface area contributed by atoms with Crippen LogP contribution in [0.1, 0.15) is 18.5 Å². The Labute approximate surface area is 131 Å². The average Bonchev–Trinajstić information content (AvgIpc) is 2.67. The van der Waals surface area contributed by atoms with E-state index in [9.17, 15) is 0 Å². The summed E-state index contributed by atoms with van der Waals surface area (Å²) in [6, 6.07) is 16.4. The molecule has 2 nitrogen and oxygen atoms in total. The molecule has 2 heteroatoms. The molecule has 1 heterocycles. The Hall–Kier alpha value is -2.61. The van der Waals surface area contributed by atoms with Gasteiger partial charge in [-0.3, -0.25) is 4.98 Å². The van der Waals surface area contributed by atoms with Crippen LogP contribution in [0.4, 0.5) is 0 Å². The predicted octanol–water partition coefficient (Wildman–Crippen LogP) is 4.94. The summed E-state index contributed by atoms with van der Waals surface area (Å²) in [6.45, 7) is 0. The average molecular weight is 288 g/mol. The third-order valence-electron chi connectivity index (χ3n) is 3.71. The molecule has 3 rings (SSSR count). The summed E-state index contributed by atoms with van der Waals surface area (Å²) in [5, 5.41) is 0. The Morgan fingerprint density at radius 3 is 2.55 bits per heavy atom. The molecule has 0 N–H and O–H groups in total. The Morgan fingerprint density at radius 1 is 0.955 bits per heavy atom. The zero-order chi connectivity index (χ0) is 15.2. The van der Waals surface area contributed by atoms with E-state index in [1.165, 1.54) is 5.57 Å². The minimum atomic E-state index is 0.997. The number of nitrogens with zero attached hydrogens (tertiary/aromatic N) is 2. The lowest BCUT2D eigenvalue weighted by molar-refractivity contribution is 0.886. The summed E-state index contributed by atoms with van der Waals surface area (Å²) in [7, 11) is 2.08. The molecule has 0 aliphatic heterocycles. The third kappa shape index (κ3) is 3.17. The van der Waals surface area contributed by atoms with Crippen LogP contribution in [0.25, 0.3) is 16.8 Å². The van der Waals surface area contributed by atoms with Crippen LogP contribution in [-0.4, -0.2) is 9.55 Å². The van der Waals surface area contributed by atoms with Gasteiger partial charge in [-0.1, -0.05) is 54.6 Å². The van der Waals surface area contributed by atoms with Gasteiger partial charge in [-0.2, -0.15) is 0 Å². The molecule has 0 bridgehead atoms. The van der Waals surface area contributed by atoms with Gasteiger partial charge >= 0.3 is 0 Å². The highest BCUT2D eigenvalue weighted by molar-refractivity contribution is 5.81. The predicted molar refractivity (Wildman–Crippen MR) is 92.6 cm³/mol. The Kier molecular flexibility index (Phi) is 4.50. The molecule has 0 fully saturated rings. The normalized spacial score (nSPS) is 13.4. The van der Waals surface area contributed by atoms with Crippen LogP contribution < -0.4 is 0 Å². The summed E-state index contributed by atoms with van der Waals surface area (Å²) >= 11 is 0. The van der Waals surface area contributed by atoms with Crippen molar-refractivity contribution in [1.29, 1.82) is 0 Å².